The van der Waals surface area contributed by atoms with Gasteiger partial charge >= 0.3 is 0 Å². The zero-order chi connectivity index (χ0) is 13.7. The van der Waals surface area contributed by atoms with Crippen LogP contribution in [-0.4, -0.2) is 32.4 Å². The van der Waals surface area contributed by atoms with Crippen molar-refractivity contribution < 1.29 is 8.42 Å². The smallest absolute Gasteiger partial charge is 0.243 e. The Morgan fingerprint density at radius 3 is 2.68 bits per heavy atom. The van der Waals surface area contributed by atoms with Crippen molar-refractivity contribution in [3.63, 3.8) is 0 Å². The molecule has 106 valence electrons. The lowest BCUT2D eigenvalue weighted by atomic mass is 10.2. The number of nitrogens with one attached hydrogen (secondary N) is 1. The van der Waals surface area contributed by atoms with E-state index in [4.69, 9.17) is 0 Å². The van der Waals surface area contributed by atoms with Crippen LogP contribution < -0.4 is 5.32 Å². The molecule has 0 radical (unpaired) electrons. The number of benzene rings is 1. The van der Waals surface area contributed by atoms with Crippen LogP contribution in [0.15, 0.2) is 29.2 Å². The molecule has 0 unspecified atom stereocenters. The second-order valence-electron chi connectivity index (χ2n) is 4.94. The summed E-state index contributed by atoms with van der Waals surface area (Å²) in [4.78, 5) is 0.421. The third-order valence-corrected chi connectivity index (χ3v) is 5.25. The van der Waals surface area contributed by atoms with Crippen LogP contribution >= 0.6 is 0 Å². The zero-order valence-corrected chi connectivity index (χ0v) is 12.2. The zero-order valence-electron chi connectivity index (χ0n) is 11.4. The summed E-state index contributed by atoms with van der Waals surface area (Å²) in [7, 11) is -3.29. The Balaban J connectivity index is 2.13. The quantitative estimate of drug-likeness (QED) is 0.812. The van der Waals surface area contributed by atoms with Gasteiger partial charge in [0.25, 0.3) is 0 Å². The summed E-state index contributed by atoms with van der Waals surface area (Å²) in [6.45, 7) is 5.09. The van der Waals surface area contributed by atoms with Crippen LogP contribution in [0, 0.1) is 0 Å². The van der Waals surface area contributed by atoms with E-state index in [1.165, 1.54) is 0 Å². The first-order valence-corrected chi connectivity index (χ1v) is 8.38. The number of rotatable bonds is 6. The van der Waals surface area contributed by atoms with Crippen molar-refractivity contribution in [3.05, 3.63) is 29.8 Å². The summed E-state index contributed by atoms with van der Waals surface area (Å²) < 4.78 is 26.4. The Hall–Kier alpha value is -0.910. The van der Waals surface area contributed by atoms with Gasteiger partial charge in [-0.15, -0.1) is 0 Å². The van der Waals surface area contributed by atoms with Gasteiger partial charge in [0.05, 0.1) is 4.90 Å². The maximum atomic E-state index is 12.4. The van der Waals surface area contributed by atoms with Crippen molar-refractivity contribution >= 4 is 10.0 Å². The van der Waals surface area contributed by atoms with E-state index in [1.54, 1.807) is 16.4 Å². The van der Waals surface area contributed by atoms with E-state index in [1.807, 2.05) is 12.1 Å². The molecule has 0 amide bonds. The topological polar surface area (TPSA) is 49.4 Å². The average Bonchev–Trinajstić information content (AvgIpc) is 2.94. The number of nitrogens with zero attached hydrogens (tertiary/aromatic N) is 1. The maximum Gasteiger partial charge on any atom is 0.243 e. The molecule has 5 heteroatoms. The summed E-state index contributed by atoms with van der Waals surface area (Å²) in [6, 6.07) is 7.27. The molecular formula is C14H22N2O2S. The van der Waals surface area contributed by atoms with Gasteiger partial charge in [-0.2, -0.15) is 4.31 Å². The highest BCUT2D eigenvalue weighted by Gasteiger charge is 2.26. The van der Waals surface area contributed by atoms with E-state index in [0.717, 1.165) is 37.9 Å². The van der Waals surface area contributed by atoms with Crippen LogP contribution in [-0.2, 0) is 16.6 Å². The molecule has 0 spiro atoms. The largest absolute Gasteiger partial charge is 0.313 e. The molecule has 19 heavy (non-hydrogen) atoms. The monoisotopic (exact) mass is 282 g/mol. The van der Waals surface area contributed by atoms with E-state index in [0.29, 0.717) is 18.0 Å². The van der Waals surface area contributed by atoms with Gasteiger partial charge in [0.2, 0.25) is 10.0 Å². The van der Waals surface area contributed by atoms with Gasteiger partial charge in [-0.25, -0.2) is 8.42 Å². The molecule has 2 rings (SSSR count). The Kier molecular flexibility index (Phi) is 4.96. The predicted molar refractivity (Wildman–Crippen MR) is 76.4 cm³/mol. The predicted octanol–water partition coefficient (Wildman–Crippen LogP) is 1.97. The summed E-state index contributed by atoms with van der Waals surface area (Å²) in [6.07, 6.45) is 3.01. The minimum atomic E-state index is -3.29. The highest BCUT2D eigenvalue weighted by atomic mass is 32.2. The molecule has 1 N–H and O–H groups in total. The van der Waals surface area contributed by atoms with Crippen LogP contribution in [0.5, 0.6) is 0 Å². The molecule has 1 aromatic carbocycles. The number of hydrogen-bond acceptors (Lipinski definition) is 3. The minimum absolute atomic E-state index is 0.421. The SMILES string of the molecule is CCCNCc1cccc(S(=O)(=O)N2CCCC2)c1. The van der Waals surface area contributed by atoms with Gasteiger partial charge in [-0.3, -0.25) is 0 Å². The van der Waals surface area contributed by atoms with E-state index in [2.05, 4.69) is 12.2 Å². The third-order valence-electron chi connectivity index (χ3n) is 3.36. The first kappa shape index (κ1) is 14.5. The summed E-state index contributed by atoms with van der Waals surface area (Å²) in [5.74, 6) is 0. The van der Waals surface area contributed by atoms with Crippen LogP contribution in [0.4, 0.5) is 0 Å². The molecule has 1 saturated heterocycles. The summed E-state index contributed by atoms with van der Waals surface area (Å²) in [5, 5.41) is 3.29. The Morgan fingerprint density at radius 2 is 2.00 bits per heavy atom. The molecule has 0 atom stereocenters. The third kappa shape index (κ3) is 3.55. The van der Waals surface area contributed by atoms with Gasteiger partial charge in [0, 0.05) is 19.6 Å². The fourth-order valence-electron chi connectivity index (χ4n) is 2.30. The van der Waals surface area contributed by atoms with E-state index < -0.39 is 10.0 Å². The van der Waals surface area contributed by atoms with Crippen LogP contribution in [0.2, 0.25) is 0 Å². The first-order valence-electron chi connectivity index (χ1n) is 6.94. The number of sulfonamides is 1. The Labute approximate surface area is 115 Å². The van der Waals surface area contributed by atoms with Gasteiger partial charge in [-0.1, -0.05) is 19.1 Å². The molecule has 1 aliphatic rings. The molecule has 4 nitrogen and oxygen atoms in total. The molecule has 1 fully saturated rings. The lowest BCUT2D eigenvalue weighted by Gasteiger charge is -2.16. The second-order valence-corrected chi connectivity index (χ2v) is 6.87. The van der Waals surface area contributed by atoms with Gasteiger partial charge < -0.3 is 5.32 Å². The van der Waals surface area contributed by atoms with Crippen LogP contribution in [0.25, 0.3) is 0 Å². The van der Waals surface area contributed by atoms with Crippen molar-refractivity contribution in [1.29, 1.82) is 0 Å². The Bertz CT molecular complexity index is 508. The van der Waals surface area contributed by atoms with E-state index >= 15 is 0 Å². The first-order chi connectivity index (χ1) is 9.14. The average molecular weight is 282 g/mol. The van der Waals surface area contributed by atoms with Crippen molar-refractivity contribution in [3.8, 4) is 0 Å². The lowest BCUT2D eigenvalue weighted by molar-refractivity contribution is 0.477. The van der Waals surface area contributed by atoms with Crippen molar-refractivity contribution in [2.24, 2.45) is 0 Å². The molecule has 0 bridgehead atoms. The van der Waals surface area contributed by atoms with Gasteiger partial charge in [-0.05, 0) is 43.5 Å². The normalized spacial score (nSPS) is 16.9. The fraction of sp³-hybridized carbons (Fsp3) is 0.571. The summed E-state index contributed by atoms with van der Waals surface area (Å²) >= 11 is 0. The van der Waals surface area contributed by atoms with Gasteiger partial charge in [0.1, 0.15) is 0 Å². The lowest BCUT2D eigenvalue weighted by Crippen LogP contribution is -2.28. The molecular weight excluding hydrogens is 260 g/mol. The molecule has 0 aliphatic carbocycles. The van der Waals surface area contributed by atoms with E-state index in [9.17, 15) is 8.42 Å². The van der Waals surface area contributed by atoms with Crippen LogP contribution in [0.3, 0.4) is 0 Å². The molecule has 1 heterocycles. The fourth-order valence-corrected chi connectivity index (χ4v) is 3.89. The Morgan fingerprint density at radius 1 is 1.26 bits per heavy atom. The summed E-state index contributed by atoms with van der Waals surface area (Å²) in [5.41, 5.74) is 1.02. The highest BCUT2D eigenvalue weighted by molar-refractivity contribution is 7.89. The second kappa shape index (κ2) is 6.50. The van der Waals surface area contributed by atoms with Crippen molar-refractivity contribution in [1.82, 2.24) is 9.62 Å². The van der Waals surface area contributed by atoms with E-state index in [-0.39, 0.29) is 0 Å². The highest BCUT2D eigenvalue weighted by Crippen LogP contribution is 2.21. The standard InChI is InChI=1S/C14H22N2O2S/c1-2-8-15-12-13-6-5-7-14(11-13)19(17,18)16-9-3-4-10-16/h5-7,11,15H,2-4,8-10,12H2,1H3. The minimum Gasteiger partial charge on any atom is -0.313 e. The molecule has 1 aliphatic heterocycles. The molecule has 1 aromatic rings. The van der Waals surface area contributed by atoms with Crippen molar-refractivity contribution in [2.75, 3.05) is 19.6 Å². The maximum absolute atomic E-state index is 12.4. The molecule has 0 saturated carbocycles. The number of hydrogen-bond donors (Lipinski definition) is 1. The van der Waals surface area contributed by atoms with Gasteiger partial charge in [0.15, 0.2) is 0 Å². The van der Waals surface area contributed by atoms with Crippen molar-refractivity contribution in [2.45, 2.75) is 37.6 Å². The van der Waals surface area contributed by atoms with Crippen LogP contribution in [0.1, 0.15) is 31.7 Å². The molecule has 0 aromatic heterocycles.